The van der Waals surface area contributed by atoms with Crippen molar-refractivity contribution in [1.29, 1.82) is 0 Å². The number of nitrogens with one attached hydrogen (secondary N) is 3. The molecule has 1 fully saturated rings. The number of rotatable bonds is 9. The lowest BCUT2D eigenvalue weighted by Gasteiger charge is -2.28. The van der Waals surface area contributed by atoms with E-state index >= 15 is 0 Å². The molecule has 0 bridgehead atoms. The van der Waals surface area contributed by atoms with E-state index in [0.717, 1.165) is 29.8 Å². The van der Waals surface area contributed by atoms with Crippen LogP contribution in [0.25, 0.3) is 0 Å². The normalized spacial score (nSPS) is 14.1. The van der Waals surface area contributed by atoms with Crippen molar-refractivity contribution >= 4 is 34.9 Å². The first-order valence-corrected chi connectivity index (χ1v) is 16.0. The zero-order chi connectivity index (χ0) is 35.0. The van der Waals surface area contributed by atoms with E-state index in [2.05, 4.69) is 16.0 Å². The fourth-order valence-corrected chi connectivity index (χ4v) is 5.82. The Bertz CT molecular complexity index is 1750. The number of carbonyl (C=O) groups excluding carboxylic acids is 3. The van der Waals surface area contributed by atoms with Crippen LogP contribution in [0, 0.1) is 5.82 Å². The van der Waals surface area contributed by atoms with Crippen LogP contribution in [-0.4, -0.2) is 48.9 Å². The van der Waals surface area contributed by atoms with E-state index in [1.54, 1.807) is 24.3 Å². The minimum atomic E-state index is -4.50. The Labute approximate surface area is 282 Å². The SMILES string of the molecule is CCC(C(=O)N1CCCN(c2ccc(NC(=O)Nc3ccc(C(F)(F)F)cc3)cc2C(=O)NCc2ccc(F)cc2)CC1)c1ccccc1. The maximum atomic E-state index is 13.6. The summed E-state index contributed by atoms with van der Waals surface area (Å²) in [6.45, 7) is 4.19. The monoisotopic (exact) mass is 675 g/mol. The molecule has 4 aromatic carbocycles. The summed E-state index contributed by atoms with van der Waals surface area (Å²) >= 11 is 0. The molecular weight excluding hydrogens is 638 g/mol. The van der Waals surface area contributed by atoms with Crippen LogP contribution in [0.3, 0.4) is 0 Å². The maximum absolute atomic E-state index is 13.6. The number of carbonyl (C=O) groups is 3. The lowest BCUT2D eigenvalue weighted by molar-refractivity contribution is -0.137. The van der Waals surface area contributed by atoms with Crippen LogP contribution < -0.4 is 20.9 Å². The van der Waals surface area contributed by atoms with Crippen molar-refractivity contribution in [3.8, 4) is 0 Å². The van der Waals surface area contributed by atoms with Crippen molar-refractivity contribution in [3.05, 3.63) is 125 Å². The van der Waals surface area contributed by atoms with Crippen LogP contribution in [0.15, 0.2) is 97.1 Å². The van der Waals surface area contributed by atoms with Crippen molar-refractivity contribution in [2.75, 3.05) is 41.7 Å². The van der Waals surface area contributed by atoms with Gasteiger partial charge in [0.05, 0.1) is 17.0 Å². The third-order valence-corrected chi connectivity index (χ3v) is 8.39. The minimum Gasteiger partial charge on any atom is -0.369 e. The number of amides is 4. The molecule has 0 saturated carbocycles. The van der Waals surface area contributed by atoms with Crippen molar-refractivity contribution in [2.45, 2.75) is 38.4 Å². The van der Waals surface area contributed by atoms with Gasteiger partial charge in [-0.1, -0.05) is 49.4 Å². The van der Waals surface area contributed by atoms with Crippen LogP contribution in [0.2, 0.25) is 0 Å². The summed E-state index contributed by atoms with van der Waals surface area (Å²) in [6, 6.07) is 23.6. The molecule has 1 saturated heterocycles. The highest BCUT2D eigenvalue weighted by Crippen LogP contribution is 2.31. The largest absolute Gasteiger partial charge is 0.416 e. The van der Waals surface area contributed by atoms with Gasteiger partial charge in [-0.25, -0.2) is 9.18 Å². The fourth-order valence-electron chi connectivity index (χ4n) is 5.82. The molecule has 12 heteroatoms. The molecule has 8 nitrogen and oxygen atoms in total. The van der Waals surface area contributed by atoms with Crippen LogP contribution in [-0.2, 0) is 17.5 Å². The quantitative estimate of drug-likeness (QED) is 0.159. The average Bonchev–Trinajstić information content (AvgIpc) is 3.35. The molecule has 49 heavy (non-hydrogen) atoms. The van der Waals surface area contributed by atoms with Gasteiger partial charge in [0.2, 0.25) is 5.91 Å². The topological polar surface area (TPSA) is 93.8 Å². The zero-order valence-corrected chi connectivity index (χ0v) is 26.9. The van der Waals surface area contributed by atoms with Gasteiger partial charge in [-0.15, -0.1) is 0 Å². The number of alkyl halides is 3. The van der Waals surface area contributed by atoms with E-state index in [1.807, 2.05) is 47.1 Å². The second-order valence-electron chi connectivity index (χ2n) is 11.7. The Morgan fingerprint density at radius 3 is 2.14 bits per heavy atom. The van der Waals surface area contributed by atoms with Crippen molar-refractivity contribution < 1.29 is 31.9 Å². The Morgan fingerprint density at radius 1 is 0.796 bits per heavy atom. The molecule has 0 aliphatic carbocycles. The number of hydrogen-bond donors (Lipinski definition) is 3. The molecule has 1 aliphatic heterocycles. The molecule has 3 N–H and O–H groups in total. The van der Waals surface area contributed by atoms with E-state index in [1.165, 1.54) is 18.2 Å². The molecule has 1 heterocycles. The van der Waals surface area contributed by atoms with Crippen molar-refractivity contribution in [1.82, 2.24) is 10.2 Å². The van der Waals surface area contributed by atoms with Gasteiger partial charge < -0.3 is 25.8 Å². The molecule has 4 aromatic rings. The van der Waals surface area contributed by atoms with Crippen LogP contribution in [0.5, 0.6) is 0 Å². The highest BCUT2D eigenvalue weighted by Gasteiger charge is 2.30. The fraction of sp³-hybridized carbons (Fsp3) is 0.270. The molecular formula is C37H37F4N5O3. The number of nitrogens with zero attached hydrogens (tertiary/aromatic N) is 2. The van der Waals surface area contributed by atoms with Crippen LogP contribution in [0.4, 0.5) is 39.4 Å². The van der Waals surface area contributed by atoms with Gasteiger partial charge in [0.1, 0.15) is 5.82 Å². The van der Waals surface area contributed by atoms with E-state index in [0.29, 0.717) is 50.3 Å². The summed E-state index contributed by atoms with van der Waals surface area (Å²) in [6.07, 6.45) is -3.16. The van der Waals surface area contributed by atoms with Gasteiger partial charge in [0.15, 0.2) is 0 Å². The van der Waals surface area contributed by atoms with Gasteiger partial charge in [-0.2, -0.15) is 13.2 Å². The summed E-state index contributed by atoms with van der Waals surface area (Å²) < 4.78 is 52.2. The smallest absolute Gasteiger partial charge is 0.369 e. The summed E-state index contributed by atoms with van der Waals surface area (Å²) in [5.74, 6) is -1.02. The van der Waals surface area contributed by atoms with Crippen LogP contribution in [0.1, 0.15) is 52.7 Å². The first kappa shape index (κ1) is 34.9. The zero-order valence-electron chi connectivity index (χ0n) is 26.9. The molecule has 0 radical (unpaired) electrons. The van der Waals surface area contributed by atoms with Crippen molar-refractivity contribution in [3.63, 3.8) is 0 Å². The predicted molar refractivity (Wildman–Crippen MR) is 181 cm³/mol. The Kier molecular flexibility index (Phi) is 11.2. The Morgan fingerprint density at radius 2 is 1.47 bits per heavy atom. The highest BCUT2D eigenvalue weighted by atomic mass is 19.4. The molecule has 5 rings (SSSR count). The lowest BCUT2D eigenvalue weighted by Crippen LogP contribution is -2.38. The van der Waals surface area contributed by atoms with Gasteiger partial charge in [0.25, 0.3) is 5.91 Å². The average molecular weight is 676 g/mol. The lowest BCUT2D eigenvalue weighted by atomic mass is 9.95. The minimum absolute atomic E-state index is 0.0615. The molecule has 1 atom stereocenters. The summed E-state index contributed by atoms with van der Waals surface area (Å²) in [7, 11) is 0. The van der Waals surface area contributed by atoms with Gasteiger partial charge >= 0.3 is 12.2 Å². The van der Waals surface area contributed by atoms with Gasteiger partial charge in [-0.05, 0) is 78.6 Å². The summed E-state index contributed by atoms with van der Waals surface area (Å²) in [4.78, 5) is 43.9. The van der Waals surface area contributed by atoms with Gasteiger partial charge in [0, 0.05) is 49.8 Å². The molecule has 256 valence electrons. The Hall–Kier alpha value is -5.39. The highest BCUT2D eigenvalue weighted by molar-refractivity contribution is 6.04. The molecule has 1 aliphatic rings. The second-order valence-corrected chi connectivity index (χ2v) is 11.7. The van der Waals surface area contributed by atoms with E-state index in [4.69, 9.17) is 0 Å². The first-order valence-electron chi connectivity index (χ1n) is 16.0. The third-order valence-electron chi connectivity index (χ3n) is 8.39. The third kappa shape index (κ3) is 9.16. The summed E-state index contributed by atoms with van der Waals surface area (Å²) in [5.41, 5.74) is 2.13. The standard InChI is InChI=1S/C37H37F4N5O3/c1-2-31(26-7-4-3-5-8-26)35(48)46-20-6-19-45(21-22-46)33-18-17-30(23-32(33)34(47)42-24-25-9-13-28(38)14-10-25)44-36(49)43-29-15-11-27(12-16-29)37(39,40)41/h3-5,7-18,23,31H,2,6,19-22,24H2,1H3,(H,42,47)(H2,43,44,49). The number of urea groups is 1. The first-order chi connectivity index (χ1) is 23.5. The maximum Gasteiger partial charge on any atom is 0.416 e. The number of benzene rings is 4. The Balaban J connectivity index is 1.33. The number of hydrogen-bond acceptors (Lipinski definition) is 4. The second kappa shape index (κ2) is 15.7. The van der Waals surface area contributed by atoms with Crippen LogP contribution >= 0.6 is 0 Å². The predicted octanol–water partition coefficient (Wildman–Crippen LogP) is 7.65. The van der Waals surface area contributed by atoms with E-state index < -0.39 is 29.5 Å². The molecule has 1 unspecified atom stereocenters. The van der Waals surface area contributed by atoms with Gasteiger partial charge in [-0.3, -0.25) is 9.59 Å². The van der Waals surface area contributed by atoms with E-state index in [9.17, 15) is 31.9 Å². The van der Waals surface area contributed by atoms with Crippen molar-refractivity contribution in [2.24, 2.45) is 0 Å². The molecule has 0 aromatic heterocycles. The number of halogens is 4. The molecule has 0 spiro atoms. The number of anilines is 3. The summed E-state index contributed by atoms with van der Waals surface area (Å²) in [5, 5.41) is 8.01. The molecule has 4 amide bonds. The van der Waals surface area contributed by atoms with E-state index in [-0.39, 0.29) is 35.3 Å².